The number of Topliss-reactive ketones (excluding diaryl/α,β-unsaturated/α-hetero) is 1. The summed E-state index contributed by atoms with van der Waals surface area (Å²) in [6.45, 7) is -0.0586. The Morgan fingerprint density at radius 2 is 1.80 bits per heavy atom. The zero-order valence-electron chi connectivity index (χ0n) is 13.1. The van der Waals surface area contributed by atoms with Gasteiger partial charge in [-0.2, -0.15) is 0 Å². The van der Waals surface area contributed by atoms with Crippen molar-refractivity contribution in [1.29, 1.82) is 0 Å². The van der Waals surface area contributed by atoms with Crippen molar-refractivity contribution in [3.05, 3.63) is 59.1 Å². The minimum atomic E-state index is -0.700. The number of esters is 1. The van der Waals surface area contributed by atoms with Crippen LogP contribution in [0.2, 0.25) is 5.02 Å². The lowest BCUT2D eigenvalue weighted by molar-refractivity contribution is -0.142. The van der Waals surface area contributed by atoms with Gasteiger partial charge in [0.25, 0.3) is 11.7 Å². The van der Waals surface area contributed by atoms with E-state index in [-0.39, 0.29) is 13.2 Å². The highest BCUT2D eigenvalue weighted by atomic mass is 35.5. The van der Waals surface area contributed by atoms with Crippen molar-refractivity contribution < 1.29 is 19.1 Å². The number of ether oxygens (including phenoxy) is 1. The summed E-state index contributed by atoms with van der Waals surface area (Å²) in [5, 5.41) is 0.667. The van der Waals surface area contributed by atoms with Gasteiger partial charge in [0.15, 0.2) is 0 Å². The topological polar surface area (TPSA) is 63.7 Å². The van der Waals surface area contributed by atoms with Crippen molar-refractivity contribution in [2.45, 2.75) is 4.90 Å². The Bertz CT molecular complexity index is 822. The maximum Gasteiger partial charge on any atom is 0.326 e. The summed E-state index contributed by atoms with van der Waals surface area (Å²) >= 11 is 7.35. The third-order valence-electron chi connectivity index (χ3n) is 3.59. The van der Waals surface area contributed by atoms with Crippen LogP contribution in [0.1, 0.15) is 10.4 Å². The lowest BCUT2D eigenvalue weighted by atomic mass is 10.1. The summed E-state index contributed by atoms with van der Waals surface area (Å²) < 4.78 is 5.16. The van der Waals surface area contributed by atoms with E-state index in [0.717, 1.165) is 9.80 Å². The number of nitrogens with zero attached hydrogens (tertiary/aromatic N) is 1. The fraction of sp³-hybridized carbons (Fsp3) is 0.167. The van der Waals surface area contributed by atoms with Crippen molar-refractivity contribution in [1.82, 2.24) is 0 Å². The fourth-order valence-electron chi connectivity index (χ4n) is 2.43. The Labute approximate surface area is 153 Å². The molecule has 7 heteroatoms. The Morgan fingerprint density at radius 1 is 1.08 bits per heavy atom. The molecule has 25 heavy (non-hydrogen) atoms. The SMILES string of the molecule is O=C(CN1C(=O)C(=O)c2ccccc21)OCCSc1ccc(Cl)cc1. The molecule has 1 aliphatic rings. The first-order chi connectivity index (χ1) is 12.1. The van der Waals surface area contributed by atoms with Crippen LogP contribution in [0.4, 0.5) is 5.69 Å². The highest BCUT2D eigenvalue weighted by Gasteiger charge is 2.36. The molecule has 3 rings (SSSR count). The lowest BCUT2D eigenvalue weighted by Crippen LogP contribution is -2.35. The number of rotatable bonds is 6. The molecule has 0 saturated heterocycles. The molecule has 0 radical (unpaired) electrons. The van der Waals surface area contributed by atoms with Crippen LogP contribution < -0.4 is 4.90 Å². The van der Waals surface area contributed by atoms with Gasteiger partial charge < -0.3 is 4.74 Å². The van der Waals surface area contributed by atoms with Crippen LogP contribution >= 0.6 is 23.4 Å². The summed E-state index contributed by atoms with van der Waals surface area (Å²) in [7, 11) is 0. The van der Waals surface area contributed by atoms with E-state index in [1.807, 2.05) is 12.1 Å². The Kier molecular flexibility index (Phi) is 5.40. The van der Waals surface area contributed by atoms with E-state index in [0.29, 0.717) is 22.0 Å². The van der Waals surface area contributed by atoms with E-state index in [1.54, 1.807) is 36.4 Å². The minimum Gasteiger partial charge on any atom is -0.463 e. The molecule has 1 aliphatic heterocycles. The van der Waals surface area contributed by atoms with Gasteiger partial charge in [0.2, 0.25) is 0 Å². The van der Waals surface area contributed by atoms with Crippen molar-refractivity contribution >= 4 is 46.7 Å². The maximum atomic E-state index is 12.0. The smallest absolute Gasteiger partial charge is 0.326 e. The number of hydrogen-bond acceptors (Lipinski definition) is 5. The second-order valence-corrected chi connectivity index (χ2v) is 6.87. The second-order valence-electron chi connectivity index (χ2n) is 5.26. The third-order valence-corrected chi connectivity index (χ3v) is 4.82. The zero-order valence-corrected chi connectivity index (χ0v) is 14.7. The van der Waals surface area contributed by atoms with Gasteiger partial charge in [0.1, 0.15) is 13.2 Å². The number of anilines is 1. The molecule has 1 amide bonds. The van der Waals surface area contributed by atoms with Gasteiger partial charge in [-0.3, -0.25) is 19.3 Å². The van der Waals surface area contributed by atoms with E-state index >= 15 is 0 Å². The van der Waals surface area contributed by atoms with E-state index in [4.69, 9.17) is 16.3 Å². The van der Waals surface area contributed by atoms with Crippen LogP contribution in [-0.2, 0) is 14.3 Å². The quantitative estimate of drug-likeness (QED) is 0.336. The van der Waals surface area contributed by atoms with Crippen LogP contribution in [0.3, 0.4) is 0 Å². The monoisotopic (exact) mass is 375 g/mol. The highest BCUT2D eigenvalue weighted by molar-refractivity contribution is 7.99. The fourth-order valence-corrected chi connectivity index (χ4v) is 3.28. The summed E-state index contributed by atoms with van der Waals surface area (Å²) in [6.07, 6.45) is 0. The number of fused-ring (bicyclic) bond motifs is 1. The molecule has 0 aliphatic carbocycles. The Balaban J connectivity index is 1.49. The lowest BCUT2D eigenvalue weighted by Gasteiger charge is -2.15. The number of benzene rings is 2. The van der Waals surface area contributed by atoms with Crippen LogP contribution in [0.25, 0.3) is 0 Å². The first kappa shape index (κ1) is 17.5. The largest absolute Gasteiger partial charge is 0.463 e. The van der Waals surface area contributed by atoms with Crippen molar-refractivity contribution in [2.24, 2.45) is 0 Å². The number of ketones is 1. The molecule has 0 saturated carbocycles. The Morgan fingerprint density at radius 3 is 2.56 bits per heavy atom. The maximum absolute atomic E-state index is 12.0. The van der Waals surface area contributed by atoms with Gasteiger partial charge in [-0.25, -0.2) is 0 Å². The molecule has 2 aromatic carbocycles. The number of carbonyl (C=O) groups is 3. The first-order valence-electron chi connectivity index (χ1n) is 7.55. The first-order valence-corrected chi connectivity index (χ1v) is 8.92. The number of thioether (sulfide) groups is 1. The van der Waals surface area contributed by atoms with Gasteiger partial charge in [-0.15, -0.1) is 11.8 Å². The van der Waals surface area contributed by atoms with E-state index in [1.165, 1.54) is 11.8 Å². The van der Waals surface area contributed by atoms with Gasteiger partial charge >= 0.3 is 5.97 Å². The van der Waals surface area contributed by atoms with Crippen LogP contribution in [0.5, 0.6) is 0 Å². The predicted molar refractivity (Wildman–Crippen MR) is 96.3 cm³/mol. The summed E-state index contributed by atoms with van der Waals surface area (Å²) in [5.41, 5.74) is 0.767. The van der Waals surface area contributed by atoms with Crippen LogP contribution in [-0.4, -0.2) is 36.6 Å². The molecule has 0 fully saturated rings. The predicted octanol–water partition coefficient (Wildman–Crippen LogP) is 3.20. The standard InChI is InChI=1S/C18H14ClNO4S/c19-12-5-7-13(8-6-12)25-10-9-24-16(21)11-20-15-4-2-1-3-14(15)17(22)18(20)23/h1-8H,9-11H2. The molecule has 0 N–H and O–H groups in total. The number of carbonyl (C=O) groups excluding carboxylic acids is 3. The highest BCUT2D eigenvalue weighted by Crippen LogP contribution is 2.28. The van der Waals surface area contributed by atoms with Crippen molar-refractivity contribution in [2.75, 3.05) is 23.8 Å². The molecule has 0 aromatic heterocycles. The molecule has 128 valence electrons. The Hall–Kier alpha value is -2.31. The molecule has 2 aromatic rings. The summed E-state index contributed by atoms with van der Waals surface area (Å²) in [4.78, 5) is 38.0. The minimum absolute atomic E-state index is 0.212. The average molecular weight is 376 g/mol. The average Bonchev–Trinajstić information content (AvgIpc) is 2.86. The number of para-hydroxylation sites is 1. The van der Waals surface area contributed by atoms with E-state index < -0.39 is 17.7 Å². The molecule has 5 nitrogen and oxygen atoms in total. The molecular formula is C18H14ClNO4S. The summed E-state index contributed by atoms with van der Waals surface area (Å²) in [5.74, 6) is -1.26. The van der Waals surface area contributed by atoms with Crippen LogP contribution in [0.15, 0.2) is 53.4 Å². The molecular weight excluding hydrogens is 362 g/mol. The number of amides is 1. The number of halogens is 1. The van der Waals surface area contributed by atoms with Gasteiger partial charge in [-0.05, 0) is 36.4 Å². The van der Waals surface area contributed by atoms with Crippen LogP contribution in [0, 0.1) is 0 Å². The normalized spacial score (nSPS) is 13.1. The van der Waals surface area contributed by atoms with Gasteiger partial charge in [0, 0.05) is 15.7 Å². The molecule has 0 spiro atoms. The number of hydrogen-bond donors (Lipinski definition) is 0. The van der Waals surface area contributed by atoms with Crippen molar-refractivity contribution in [3.63, 3.8) is 0 Å². The van der Waals surface area contributed by atoms with E-state index in [2.05, 4.69) is 0 Å². The van der Waals surface area contributed by atoms with Gasteiger partial charge in [0.05, 0.1) is 11.3 Å². The van der Waals surface area contributed by atoms with Crippen molar-refractivity contribution in [3.8, 4) is 0 Å². The van der Waals surface area contributed by atoms with Gasteiger partial charge in [-0.1, -0.05) is 23.7 Å². The molecule has 1 heterocycles. The summed E-state index contributed by atoms with van der Waals surface area (Å²) in [6, 6.07) is 14.0. The molecule has 0 bridgehead atoms. The molecule has 0 unspecified atom stereocenters. The zero-order chi connectivity index (χ0) is 17.8. The molecule has 0 atom stereocenters. The second kappa shape index (κ2) is 7.72. The van der Waals surface area contributed by atoms with E-state index in [9.17, 15) is 14.4 Å². The third kappa shape index (κ3) is 4.03.